The van der Waals surface area contributed by atoms with E-state index in [2.05, 4.69) is 0 Å². The largest absolute Gasteiger partial charge is 0.482 e. The van der Waals surface area contributed by atoms with Crippen LogP contribution in [0.25, 0.3) is 16.9 Å². The van der Waals surface area contributed by atoms with E-state index < -0.39 is 0 Å². The zero-order chi connectivity index (χ0) is 16.8. The number of aromatic nitrogens is 2. The number of rotatable bonds is 2. The van der Waals surface area contributed by atoms with E-state index in [1.54, 1.807) is 4.90 Å². The summed E-state index contributed by atoms with van der Waals surface area (Å²) in [7, 11) is 0. The van der Waals surface area contributed by atoms with Gasteiger partial charge < -0.3 is 19.8 Å². The number of ether oxygens (including phenoxy) is 1. The molecule has 0 aliphatic carbocycles. The summed E-state index contributed by atoms with van der Waals surface area (Å²) in [4.78, 5) is 18.5. The molecule has 24 heavy (non-hydrogen) atoms. The molecule has 3 aromatic rings. The number of likely N-dealkylation sites (N-methyl/N-ethyl adjacent to an activating group) is 1. The van der Waals surface area contributed by atoms with Gasteiger partial charge in [-0.1, -0.05) is 0 Å². The second-order valence-electron chi connectivity index (χ2n) is 5.81. The highest BCUT2D eigenvalue weighted by Crippen LogP contribution is 2.37. The van der Waals surface area contributed by atoms with Crippen molar-refractivity contribution < 1.29 is 9.53 Å². The second kappa shape index (κ2) is 5.26. The van der Waals surface area contributed by atoms with E-state index in [1.807, 2.05) is 54.8 Å². The van der Waals surface area contributed by atoms with Crippen LogP contribution in [-0.2, 0) is 4.79 Å². The van der Waals surface area contributed by atoms with E-state index in [-0.39, 0.29) is 12.5 Å². The smallest absolute Gasteiger partial charge is 0.265 e. The normalized spacial score (nSPS) is 13.9. The lowest BCUT2D eigenvalue weighted by Gasteiger charge is -2.28. The molecule has 1 aliphatic rings. The van der Waals surface area contributed by atoms with Gasteiger partial charge in [-0.05, 0) is 44.2 Å². The van der Waals surface area contributed by atoms with Gasteiger partial charge in [0.15, 0.2) is 12.3 Å². The molecule has 122 valence electrons. The van der Waals surface area contributed by atoms with Crippen molar-refractivity contribution in [2.45, 2.75) is 13.8 Å². The van der Waals surface area contributed by atoms with Crippen molar-refractivity contribution in [1.29, 1.82) is 0 Å². The van der Waals surface area contributed by atoms with Gasteiger partial charge in [-0.25, -0.2) is 4.98 Å². The van der Waals surface area contributed by atoms with Gasteiger partial charge in [-0.15, -0.1) is 0 Å². The van der Waals surface area contributed by atoms with Gasteiger partial charge in [0.05, 0.1) is 17.1 Å². The molecule has 1 amide bonds. The van der Waals surface area contributed by atoms with Crippen molar-refractivity contribution in [1.82, 2.24) is 9.38 Å². The van der Waals surface area contributed by atoms with Gasteiger partial charge >= 0.3 is 0 Å². The molecule has 3 heterocycles. The Morgan fingerprint density at radius 2 is 2.17 bits per heavy atom. The average Bonchev–Trinajstić information content (AvgIpc) is 2.93. The minimum atomic E-state index is -0.0295. The third-order valence-corrected chi connectivity index (χ3v) is 4.41. The van der Waals surface area contributed by atoms with Gasteiger partial charge in [-0.3, -0.25) is 4.79 Å². The summed E-state index contributed by atoms with van der Waals surface area (Å²) in [6.07, 6.45) is 1.95. The fourth-order valence-electron chi connectivity index (χ4n) is 3.18. The molecule has 6 heteroatoms. The molecule has 0 bridgehead atoms. The molecule has 1 aromatic carbocycles. The Morgan fingerprint density at radius 1 is 1.33 bits per heavy atom. The maximum absolute atomic E-state index is 12.1. The molecule has 0 saturated heterocycles. The lowest BCUT2D eigenvalue weighted by Crippen LogP contribution is -2.38. The maximum atomic E-state index is 12.1. The van der Waals surface area contributed by atoms with Crippen LogP contribution in [0.1, 0.15) is 12.6 Å². The third kappa shape index (κ3) is 2.03. The number of nitrogens with two attached hydrogens (primary N) is 1. The predicted octanol–water partition coefficient (Wildman–Crippen LogP) is 2.64. The van der Waals surface area contributed by atoms with E-state index in [0.29, 0.717) is 12.2 Å². The van der Waals surface area contributed by atoms with E-state index in [9.17, 15) is 4.79 Å². The molecule has 0 atom stereocenters. The van der Waals surface area contributed by atoms with Crippen LogP contribution in [0.4, 0.5) is 11.4 Å². The van der Waals surface area contributed by atoms with Crippen molar-refractivity contribution in [2.75, 3.05) is 23.8 Å². The van der Waals surface area contributed by atoms with Crippen molar-refractivity contribution in [2.24, 2.45) is 0 Å². The van der Waals surface area contributed by atoms with Crippen LogP contribution in [0.2, 0.25) is 0 Å². The van der Waals surface area contributed by atoms with Crippen LogP contribution in [0.3, 0.4) is 0 Å². The fraction of sp³-hybridized carbons (Fsp3) is 0.222. The summed E-state index contributed by atoms with van der Waals surface area (Å²) >= 11 is 0. The van der Waals surface area contributed by atoms with Gasteiger partial charge in [0.2, 0.25) is 0 Å². The zero-order valence-corrected chi connectivity index (χ0v) is 13.6. The van der Waals surface area contributed by atoms with Crippen LogP contribution in [0, 0.1) is 6.92 Å². The van der Waals surface area contributed by atoms with E-state index in [4.69, 9.17) is 15.5 Å². The first-order valence-corrected chi connectivity index (χ1v) is 7.91. The number of fused-ring (bicyclic) bond motifs is 2. The molecule has 0 fully saturated rings. The number of imidazole rings is 1. The first-order chi connectivity index (χ1) is 11.6. The standard InChI is InChI=1S/C18H18N4O2/c1-3-21-14-9-12(6-7-15(14)24-10-16(21)23)17-11(2)22-8-4-5-13(19)18(22)20-17/h4-9H,3,10,19H2,1-2H3. The first-order valence-electron chi connectivity index (χ1n) is 7.91. The van der Waals surface area contributed by atoms with Crippen molar-refractivity contribution >= 4 is 22.9 Å². The van der Waals surface area contributed by atoms with Gasteiger partial charge in [0.25, 0.3) is 5.91 Å². The Hall–Kier alpha value is -3.02. The highest BCUT2D eigenvalue weighted by molar-refractivity contribution is 5.98. The number of aryl methyl sites for hydroxylation is 1. The number of hydrogen-bond acceptors (Lipinski definition) is 4. The molecule has 1 aliphatic heterocycles. The highest BCUT2D eigenvalue weighted by Gasteiger charge is 2.25. The molecule has 6 nitrogen and oxygen atoms in total. The summed E-state index contributed by atoms with van der Waals surface area (Å²) in [6.45, 7) is 4.66. The van der Waals surface area contributed by atoms with Crippen molar-refractivity contribution in [3.8, 4) is 17.0 Å². The summed E-state index contributed by atoms with van der Waals surface area (Å²) in [5, 5.41) is 0. The predicted molar refractivity (Wildman–Crippen MR) is 93.3 cm³/mol. The molecule has 0 spiro atoms. The van der Waals surface area contributed by atoms with Crippen LogP contribution in [-0.4, -0.2) is 28.4 Å². The molecule has 2 N–H and O–H groups in total. The number of nitrogen functional groups attached to an aromatic ring is 1. The highest BCUT2D eigenvalue weighted by atomic mass is 16.5. The Morgan fingerprint density at radius 3 is 2.92 bits per heavy atom. The SMILES string of the molecule is CCN1C(=O)COc2ccc(-c3nc4c(N)cccn4c3C)cc21. The maximum Gasteiger partial charge on any atom is 0.265 e. The molecule has 4 rings (SSSR count). The Labute approximate surface area is 139 Å². The molecular weight excluding hydrogens is 304 g/mol. The van der Waals surface area contributed by atoms with E-state index >= 15 is 0 Å². The van der Waals surface area contributed by atoms with Gasteiger partial charge in [-0.2, -0.15) is 0 Å². The van der Waals surface area contributed by atoms with Gasteiger partial charge in [0.1, 0.15) is 5.75 Å². The van der Waals surface area contributed by atoms with E-state index in [0.717, 1.165) is 34.0 Å². The topological polar surface area (TPSA) is 72.9 Å². The minimum absolute atomic E-state index is 0.0295. The van der Waals surface area contributed by atoms with Gasteiger partial charge in [0, 0.05) is 24.0 Å². The number of amides is 1. The van der Waals surface area contributed by atoms with Crippen LogP contribution in [0.5, 0.6) is 5.75 Å². The summed E-state index contributed by atoms with van der Waals surface area (Å²) < 4.78 is 7.51. The van der Waals surface area contributed by atoms with Crippen molar-refractivity contribution in [3.63, 3.8) is 0 Å². The quantitative estimate of drug-likeness (QED) is 0.787. The molecule has 0 unspecified atom stereocenters. The first kappa shape index (κ1) is 14.6. The number of hydrogen-bond donors (Lipinski definition) is 1. The minimum Gasteiger partial charge on any atom is -0.482 e. The van der Waals surface area contributed by atoms with E-state index in [1.165, 1.54) is 0 Å². The average molecular weight is 322 g/mol. The summed E-state index contributed by atoms with van der Waals surface area (Å²) in [6, 6.07) is 9.56. The summed E-state index contributed by atoms with van der Waals surface area (Å²) in [5.74, 6) is 0.694. The lowest BCUT2D eigenvalue weighted by atomic mass is 10.1. The molecule has 2 aromatic heterocycles. The lowest BCUT2D eigenvalue weighted by molar-refractivity contribution is -0.121. The molecule has 0 radical (unpaired) electrons. The zero-order valence-electron chi connectivity index (χ0n) is 13.6. The van der Waals surface area contributed by atoms with Crippen molar-refractivity contribution in [3.05, 3.63) is 42.2 Å². The molecule has 0 saturated carbocycles. The fourth-order valence-corrected chi connectivity index (χ4v) is 3.18. The van der Waals surface area contributed by atoms with Crippen LogP contribution >= 0.6 is 0 Å². The number of nitrogens with zero attached hydrogens (tertiary/aromatic N) is 3. The van der Waals surface area contributed by atoms with Crippen LogP contribution in [0.15, 0.2) is 36.5 Å². The monoisotopic (exact) mass is 322 g/mol. The Balaban J connectivity index is 1.89. The Kier molecular flexibility index (Phi) is 3.19. The Bertz CT molecular complexity index is 961. The number of pyridine rings is 1. The third-order valence-electron chi connectivity index (χ3n) is 4.41. The molecular formula is C18H18N4O2. The number of anilines is 2. The van der Waals surface area contributed by atoms with Crippen LogP contribution < -0.4 is 15.4 Å². The number of carbonyl (C=O) groups excluding carboxylic acids is 1. The number of carbonyl (C=O) groups is 1. The second-order valence-corrected chi connectivity index (χ2v) is 5.81. The number of benzene rings is 1. The summed E-state index contributed by atoms with van der Waals surface area (Å²) in [5.41, 5.74) is 11.0.